The first-order valence-corrected chi connectivity index (χ1v) is 8.69. The molecule has 0 atom stereocenters. The SMILES string of the molecule is CCNC(=NCC(=O)NCc1ccco1)NCCCOCc1ccco1. The molecule has 2 aromatic rings. The van der Waals surface area contributed by atoms with E-state index in [9.17, 15) is 4.79 Å². The van der Waals surface area contributed by atoms with Crippen LogP contribution in [0.4, 0.5) is 0 Å². The molecule has 0 aliphatic heterocycles. The fourth-order valence-corrected chi connectivity index (χ4v) is 2.10. The molecule has 0 fully saturated rings. The second-order valence-electron chi connectivity index (χ2n) is 5.46. The number of carbonyl (C=O) groups is 1. The number of hydrogen-bond donors (Lipinski definition) is 3. The van der Waals surface area contributed by atoms with E-state index in [1.165, 1.54) is 0 Å². The zero-order valence-electron chi connectivity index (χ0n) is 15.0. The number of ether oxygens (including phenoxy) is 1. The van der Waals surface area contributed by atoms with Gasteiger partial charge in [0.1, 0.15) is 24.7 Å². The number of nitrogens with zero attached hydrogens (tertiary/aromatic N) is 1. The standard InChI is InChI=1S/C18H26N4O4/c1-2-19-18(20-8-5-9-24-14-16-7-4-11-26-16)22-13-17(23)21-12-15-6-3-10-25-15/h3-4,6-7,10-11H,2,5,8-9,12-14H2,1H3,(H,21,23)(H2,19,20,22). The summed E-state index contributed by atoms with van der Waals surface area (Å²) in [6.07, 6.45) is 4.02. The van der Waals surface area contributed by atoms with Gasteiger partial charge in [-0.05, 0) is 37.6 Å². The maximum atomic E-state index is 11.8. The lowest BCUT2D eigenvalue weighted by atomic mass is 10.4. The molecule has 0 saturated heterocycles. The van der Waals surface area contributed by atoms with Crippen LogP contribution in [0.25, 0.3) is 0 Å². The maximum absolute atomic E-state index is 11.8. The summed E-state index contributed by atoms with van der Waals surface area (Å²) in [7, 11) is 0. The van der Waals surface area contributed by atoms with Gasteiger partial charge in [0.2, 0.25) is 5.91 Å². The van der Waals surface area contributed by atoms with Gasteiger partial charge in [-0.15, -0.1) is 0 Å². The summed E-state index contributed by atoms with van der Waals surface area (Å²) in [5.74, 6) is 1.96. The molecule has 2 heterocycles. The average molecular weight is 362 g/mol. The number of nitrogens with one attached hydrogen (secondary N) is 3. The largest absolute Gasteiger partial charge is 0.467 e. The summed E-state index contributed by atoms with van der Waals surface area (Å²) in [5, 5.41) is 9.04. The highest BCUT2D eigenvalue weighted by Gasteiger charge is 2.03. The van der Waals surface area contributed by atoms with Crippen molar-refractivity contribution >= 4 is 11.9 Å². The van der Waals surface area contributed by atoms with Crippen molar-refractivity contribution in [2.24, 2.45) is 4.99 Å². The van der Waals surface area contributed by atoms with Crippen molar-refractivity contribution in [2.75, 3.05) is 26.2 Å². The van der Waals surface area contributed by atoms with E-state index in [4.69, 9.17) is 13.6 Å². The first kappa shape index (κ1) is 19.6. The molecule has 26 heavy (non-hydrogen) atoms. The number of amides is 1. The minimum Gasteiger partial charge on any atom is -0.467 e. The van der Waals surface area contributed by atoms with Crippen molar-refractivity contribution in [2.45, 2.75) is 26.5 Å². The molecule has 8 nitrogen and oxygen atoms in total. The average Bonchev–Trinajstić information content (AvgIpc) is 3.34. The molecular formula is C18H26N4O4. The highest BCUT2D eigenvalue weighted by atomic mass is 16.5. The topological polar surface area (TPSA) is 101 Å². The molecule has 0 aliphatic rings. The van der Waals surface area contributed by atoms with Crippen molar-refractivity contribution in [3.8, 4) is 0 Å². The highest BCUT2D eigenvalue weighted by Crippen LogP contribution is 2.01. The van der Waals surface area contributed by atoms with E-state index in [0.29, 0.717) is 38.0 Å². The normalized spacial score (nSPS) is 11.3. The Labute approximate surface area is 153 Å². The Morgan fingerprint density at radius 2 is 1.88 bits per heavy atom. The highest BCUT2D eigenvalue weighted by molar-refractivity contribution is 5.84. The second kappa shape index (κ2) is 11.8. The number of furan rings is 2. The minimum atomic E-state index is -0.166. The van der Waals surface area contributed by atoms with Crippen LogP contribution < -0.4 is 16.0 Å². The van der Waals surface area contributed by atoms with Gasteiger partial charge in [-0.1, -0.05) is 0 Å². The molecule has 142 valence electrons. The predicted molar refractivity (Wildman–Crippen MR) is 97.5 cm³/mol. The lowest BCUT2D eigenvalue weighted by Crippen LogP contribution is -2.39. The molecule has 0 saturated carbocycles. The summed E-state index contributed by atoms with van der Waals surface area (Å²) < 4.78 is 15.9. The van der Waals surface area contributed by atoms with E-state index in [1.54, 1.807) is 18.6 Å². The molecule has 2 rings (SSSR count). The summed E-state index contributed by atoms with van der Waals surface area (Å²) in [6.45, 7) is 4.87. The van der Waals surface area contributed by atoms with Crippen LogP contribution in [0.5, 0.6) is 0 Å². The molecule has 0 spiro atoms. The van der Waals surface area contributed by atoms with Gasteiger partial charge >= 0.3 is 0 Å². The third kappa shape index (κ3) is 7.89. The number of guanidine groups is 1. The zero-order valence-corrected chi connectivity index (χ0v) is 15.0. The van der Waals surface area contributed by atoms with Gasteiger partial charge in [0.05, 0.1) is 19.1 Å². The molecule has 1 amide bonds. The van der Waals surface area contributed by atoms with Crippen molar-refractivity contribution in [3.05, 3.63) is 48.3 Å². The van der Waals surface area contributed by atoms with E-state index in [0.717, 1.165) is 18.7 Å². The van der Waals surface area contributed by atoms with Crippen molar-refractivity contribution in [3.63, 3.8) is 0 Å². The first-order valence-electron chi connectivity index (χ1n) is 8.69. The Bertz CT molecular complexity index is 638. The summed E-state index contributed by atoms with van der Waals surface area (Å²) in [4.78, 5) is 16.1. The molecule has 3 N–H and O–H groups in total. The Kier molecular flexibility index (Phi) is 8.85. The van der Waals surface area contributed by atoms with Crippen LogP contribution >= 0.6 is 0 Å². The van der Waals surface area contributed by atoms with Gasteiger partial charge in [0, 0.05) is 19.7 Å². The lowest BCUT2D eigenvalue weighted by molar-refractivity contribution is -0.119. The molecule has 8 heteroatoms. The van der Waals surface area contributed by atoms with Crippen LogP contribution in [-0.4, -0.2) is 38.1 Å². The van der Waals surface area contributed by atoms with Gasteiger partial charge in [-0.2, -0.15) is 0 Å². The third-order valence-electron chi connectivity index (χ3n) is 3.35. The molecule has 0 unspecified atom stereocenters. The number of carbonyl (C=O) groups excluding carboxylic acids is 1. The summed E-state index contributed by atoms with van der Waals surface area (Å²) in [6, 6.07) is 7.31. The molecule has 0 aliphatic carbocycles. The molecule has 0 bridgehead atoms. The fraction of sp³-hybridized carbons (Fsp3) is 0.444. The van der Waals surface area contributed by atoms with Crippen LogP contribution in [0.1, 0.15) is 24.9 Å². The molecular weight excluding hydrogens is 336 g/mol. The predicted octanol–water partition coefficient (Wildman–Crippen LogP) is 1.65. The third-order valence-corrected chi connectivity index (χ3v) is 3.35. The van der Waals surface area contributed by atoms with Crippen LogP contribution in [0.15, 0.2) is 50.6 Å². The second-order valence-corrected chi connectivity index (χ2v) is 5.46. The lowest BCUT2D eigenvalue weighted by Gasteiger charge is -2.11. The maximum Gasteiger partial charge on any atom is 0.242 e. The summed E-state index contributed by atoms with van der Waals surface area (Å²) in [5.41, 5.74) is 0. The Hall–Kier alpha value is -2.74. The van der Waals surface area contributed by atoms with Crippen LogP contribution in [0.2, 0.25) is 0 Å². The Balaban J connectivity index is 1.59. The van der Waals surface area contributed by atoms with Crippen molar-refractivity contribution in [1.82, 2.24) is 16.0 Å². The molecule has 0 aromatic carbocycles. The van der Waals surface area contributed by atoms with E-state index < -0.39 is 0 Å². The van der Waals surface area contributed by atoms with E-state index in [1.807, 2.05) is 25.1 Å². The minimum absolute atomic E-state index is 0.0467. The molecule has 2 aromatic heterocycles. The number of hydrogen-bond acceptors (Lipinski definition) is 5. The van der Waals surface area contributed by atoms with Gasteiger partial charge in [0.25, 0.3) is 0 Å². The van der Waals surface area contributed by atoms with Gasteiger partial charge in [-0.3, -0.25) is 4.79 Å². The van der Waals surface area contributed by atoms with Crippen molar-refractivity contribution < 1.29 is 18.4 Å². The Morgan fingerprint density at radius 1 is 1.12 bits per heavy atom. The van der Waals surface area contributed by atoms with Crippen LogP contribution in [0.3, 0.4) is 0 Å². The van der Waals surface area contributed by atoms with Crippen LogP contribution in [-0.2, 0) is 22.7 Å². The van der Waals surface area contributed by atoms with E-state index >= 15 is 0 Å². The number of rotatable bonds is 11. The fourth-order valence-electron chi connectivity index (χ4n) is 2.10. The number of aliphatic imine (C=N–C) groups is 1. The zero-order chi connectivity index (χ0) is 18.5. The first-order chi connectivity index (χ1) is 12.8. The smallest absolute Gasteiger partial charge is 0.242 e. The molecule has 0 radical (unpaired) electrons. The van der Waals surface area contributed by atoms with Crippen molar-refractivity contribution in [1.29, 1.82) is 0 Å². The summed E-state index contributed by atoms with van der Waals surface area (Å²) >= 11 is 0. The van der Waals surface area contributed by atoms with Gasteiger partial charge < -0.3 is 29.5 Å². The Morgan fingerprint density at radius 3 is 2.58 bits per heavy atom. The monoisotopic (exact) mass is 362 g/mol. The van der Waals surface area contributed by atoms with E-state index in [-0.39, 0.29) is 12.5 Å². The van der Waals surface area contributed by atoms with E-state index in [2.05, 4.69) is 20.9 Å². The quantitative estimate of drug-likeness (QED) is 0.319. The van der Waals surface area contributed by atoms with Crippen LogP contribution in [0, 0.1) is 0 Å². The van der Waals surface area contributed by atoms with Gasteiger partial charge in [-0.25, -0.2) is 4.99 Å². The van der Waals surface area contributed by atoms with Gasteiger partial charge in [0.15, 0.2) is 5.96 Å².